The summed E-state index contributed by atoms with van der Waals surface area (Å²) in [4.78, 5) is 41.8. The number of nitrogens with zero attached hydrogens (tertiary/aromatic N) is 3. The van der Waals surface area contributed by atoms with Crippen LogP contribution in [0.5, 0.6) is 5.75 Å². The van der Waals surface area contributed by atoms with E-state index in [1.165, 1.54) is 31.2 Å². The molecule has 0 aliphatic heterocycles. The van der Waals surface area contributed by atoms with E-state index in [1.54, 1.807) is 32.9 Å². The molecule has 0 spiro atoms. The molecule has 1 amide bonds. The third-order valence-electron chi connectivity index (χ3n) is 4.38. The summed E-state index contributed by atoms with van der Waals surface area (Å²) in [6, 6.07) is 2.41. The number of ether oxygens (including phenoxy) is 3. The van der Waals surface area contributed by atoms with Crippen molar-refractivity contribution >= 4 is 12.1 Å². The summed E-state index contributed by atoms with van der Waals surface area (Å²) in [5.41, 5.74) is 0.275. The van der Waals surface area contributed by atoms with E-state index in [0.717, 1.165) is 0 Å². The lowest BCUT2D eigenvalue weighted by atomic mass is 10.1. The lowest BCUT2D eigenvalue weighted by molar-refractivity contribution is -0.147. The van der Waals surface area contributed by atoms with Crippen LogP contribution in [0, 0.1) is 5.92 Å². The van der Waals surface area contributed by atoms with E-state index in [-0.39, 0.29) is 30.1 Å². The van der Waals surface area contributed by atoms with Gasteiger partial charge < -0.3 is 19.5 Å². The molecule has 2 heterocycles. The van der Waals surface area contributed by atoms with Crippen LogP contribution in [0.3, 0.4) is 0 Å². The average molecular weight is 461 g/mol. The monoisotopic (exact) mass is 460 g/mol. The van der Waals surface area contributed by atoms with Gasteiger partial charge in [-0.3, -0.25) is 9.78 Å². The van der Waals surface area contributed by atoms with Crippen LogP contribution in [-0.2, 0) is 27.7 Å². The minimum absolute atomic E-state index is 0.134. The number of pyridine rings is 1. The number of methoxy groups -OCH3 is 1. The Morgan fingerprint density at radius 3 is 2.42 bits per heavy atom. The zero-order valence-electron chi connectivity index (χ0n) is 20.2. The zero-order valence-corrected chi connectivity index (χ0v) is 20.2. The van der Waals surface area contributed by atoms with Crippen LogP contribution in [0.4, 0.5) is 4.79 Å². The molecule has 2 aromatic heterocycles. The Hall–Kier alpha value is -3.43. The Labute approximate surface area is 193 Å². The van der Waals surface area contributed by atoms with Gasteiger partial charge in [-0.05, 0) is 38.3 Å². The molecule has 10 nitrogen and oxygen atoms in total. The van der Waals surface area contributed by atoms with E-state index in [2.05, 4.69) is 15.4 Å². The number of aryl methyl sites for hydroxylation is 1. The molecule has 1 atom stereocenters. The number of esters is 1. The van der Waals surface area contributed by atoms with Gasteiger partial charge in [-0.15, -0.1) is 0 Å². The van der Waals surface area contributed by atoms with Crippen molar-refractivity contribution in [2.45, 2.75) is 52.7 Å². The summed E-state index contributed by atoms with van der Waals surface area (Å²) in [6.45, 7) is 9.28. The summed E-state index contributed by atoms with van der Waals surface area (Å²) in [6.07, 6.45) is 2.39. The molecule has 10 heteroatoms. The summed E-state index contributed by atoms with van der Waals surface area (Å²) in [5.74, 6) is -0.113. The lowest BCUT2D eigenvalue weighted by Crippen LogP contribution is -2.45. The maximum absolute atomic E-state index is 12.6. The van der Waals surface area contributed by atoms with Crippen LogP contribution in [0.15, 0.2) is 29.3 Å². The maximum atomic E-state index is 12.6. The van der Waals surface area contributed by atoms with E-state index < -0.39 is 23.7 Å². The van der Waals surface area contributed by atoms with Crippen molar-refractivity contribution < 1.29 is 23.8 Å². The van der Waals surface area contributed by atoms with E-state index in [9.17, 15) is 14.4 Å². The Kier molecular flexibility index (Phi) is 8.56. The number of amides is 1. The van der Waals surface area contributed by atoms with Crippen molar-refractivity contribution in [3.8, 4) is 17.0 Å². The summed E-state index contributed by atoms with van der Waals surface area (Å²) in [7, 11) is 2.99. The fourth-order valence-corrected chi connectivity index (χ4v) is 2.84. The van der Waals surface area contributed by atoms with Gasteiger partial charge >= 0.3 is 12.1 Å². The predicted octanol–water partition coefficient (Wildman–Crippen LogP) is 2.49. The highest BCUT2D eigenvalue weighted by molar-refractivity contribution is 5.81. The Bertz CT molecular complexity index is 1020. The number of aromatic nitrogens is 3. The van der Waals surface area contributed by atoms with Gasteiger partial charge in [0.05, 0.1) is 25.6 Å². The molecule has 1 N–H and O–H groups in total. The molecular weight excluding hydrogens is 428 g/mol. The molecule has 0 radical (unpaired) electrons. The average Bonchev–Trinajstić information content (AvgIpc) is 2.72. The van der Waals surface area contributed by atoms with Crippen molar-refractivity contribution in [1.29, 1.82) is 0 Å². The Morgan fingerprint density at radius 2 is 1.88 bits per heavy atom. The number of nitrogens with one attached hydrogen (secondary N) is 1. The van der Waals surface area contributed by atoms with Crippen molar-refractivity contribution in [2.75, 3.05) is 13.7 Å². The second-order valence-corrected chi connectivity index (χ2v) is 9.00. The van der Waals surface area contributed by atoms with Gasteiger partial charge in [-0.2, -0.15) is 5.10 Å². The molecule has 2 rings (SSSR count). The quantitative estimate of drug-likeness (QED) is 0.596. The second-order valence-electron chi connectivity index (χ2n) is 9.00. The molecule has 33 heavy (non-hydrogen) atoms. The van der Waals surface area contributed by atoms with Crippen LogP contribution >= 0.6 is 0 Å². The van der Waals surface area contributed by atoms with E-state index in [0.29, 0.717) is 17.0 Å². The molecule has 0 aliphatic rings. The SMILES string of the molecule is COc1cnn(C)c(=O)c1-c1ccc(C[C@H](NC(=O)OC(C)(C)C)C(=O)OCC(C)C)cn1. The Morgan fingerprint density at radius 1 is 1.18 bits per heavy atom. The van der Waals surface area contributed by atoms with Gasteiger partial charge in [0.1, 0.15) is 17.2 Å². The maximum Gasteiger partial charge on any atom is 0.408 e. The number of carbonyl (C=O) groups excluding carboxylic acids is 2. The topological polar surface area (TPSA) is 122 Å². The van der Waals surface area contributed by atoms with Crippen LogP contribution in [-0.4, -0.2) is 52.2 Å². The molecule has 0 saturated heterocycles. The Balaban J connectivity index is 2.26. The van der Waals surface area contributed by atoms with Crippen LogP contribution in [0.2, 0.25) is 0 Å². The van der Waals surface area contributed by atoms with Gasteiger partial charge in [0.15, 0.2) is 5.75 Å². The van der Waals surface area contributed by atoms with Gasteiger partial charge in [-0.1, -0.05) is 19.9 Å². The molecule has 0 unspecified atom stereocenters. The highest BCUT2D eigenvalue weighted by Gasteiger charge is 2.26. The van der Waals surface area contributed by atoms with Gasteiger partial charge in [0.25, 0.3) is 5.56 Å². The highest BCUT2D eigenvalue weighted by Crippen LogP contribution is 2.23. The number of carbonyl (C=O) groups is 2. The first-order valence-corrected chi connectivity index (χ1v) is 10.6. The smallest absolute Gasteiger partial charge is 0.408 e. The van der Waals surface area contributed by atoms with Crippen LogP contribution in [0.25, 0.3) is 11.3 Å². The molecule has 0 bridgehead atoms. The predicted molar refractivity (Wildman–Crippen MR) is 122 cm³/mol. The summed E-state index contributed by atoms with van der Waals surface area (Å²) in [5, 5.41) is 6.52. The van der Waals surface area contributed by atoms with Crippen molar-refractivity contribution in [2.24, 2.45) is 13.0 Å². The first kappa shape index (κ1) is 25.8. The fourth-order valence-electron chi connectivity index (χ4n) is 2.84. The third-order valence-corrected chi connectivity index (χ3v) is 4.38. The van der Waals surface area contributed by atoms with Crippen molar-refractivity contribution in [1.82, 2.24) is 20.1 Å². The summed E-state index contributed by atoms with van der Waals surface area (Å²) >= 11 is 0. The minimum atomic E-state index is -0.963. The number of hydrogen-bond donors (Lipinski definition) is 1. The largest absolute Gasteiger partial charge is 0.494 e. The summed E-state index contributed by atoms with van der Waals surface area (Å²) < 4.78 is 17.0. The van der Waals surface area contributed by atoms with Crippen LogP contribution < -0.4 is 15.6 Å². The zero-order chi connectivity index (χ0) is 24.8. The molecule has 0 aliphatic carbocycles. The van der Waals surface area contributed by atoms with Gasteiger partial charge in [0.2, 0.25) is 0 Å². The van der Waals surface area contributed by atoms with Gasteiger partial charge in [-0.25, -0.2) is 14.3 Å². The van der Waals surface area contributed by atoms with E-state index in [4.69, 9.17) is 14.2 Å². The molecule has 180 valence electrons. The number of rotatable bonds is 8. The first-order chi connectivity index (χ1) is 15.4. The van der Waals surface area contributed by atoms with E-state index >= 15 is 0 Å². The molecule has 0 fully saturated rings. The standard InChI is InChI=1S/C23H32N4O6/c1-14(2)13-32-21(29)17(26-22(30)33-23(3,4)5)10-15-8-9-16(24-11-15)19-18(31-7)12-25-27(6)20(19)28/h8-9,11-12,14,17H,10,13H2,1-7H3,(H,26,30)/t17-/m0/s1. The van der Waals surface area contributed by atoms with E-state index in [1.807, 2.05) is 13.8 Å². The lowest BCUT2D eigenvalue weighted by Gasteiger charge is -2.23. The number of alkyl carbamates (subject to hydrolysis) is 1. The third kappa shape index (κ3) is 7.58. The van der Waals surface area contributed by atoms with Crippen molar-refractivity contribution in [3.63, 3.8) is 0 Å². The second kappa shape index (κ2) is 10.9. The molecule has 2 aromatic rings. The first-order valence-electron chi connectivity index (χ1n) is 10.6. The normalized spacial score (nSPS) is 12.2. The fraction of sp³-hybridized carbons (Fsp3) is 0.522. The van der Waals surface area contributed by atoms with Crippen molar-refractivity contribution in [3.05, 3.63) is 40.4 Å². The number of hydrogen-bond acceptors (Lipinski definition) is 8. The minimum Gasteiger partial charge on any atom is -0.494 e. The van der Waals surface area contributed by atoms with Crippen LogP contribution in [0.1, 0.15) is 40.2 Å². The molecule has 0 saturated carbocycles. The van der Waals surface area contributed by atoms with Gasteiger partial charge in [0, 0.05) is 19.7 Å². The highest BCUT2D eigenvalue weighted by atomic mass is 16.6. The molecule has 0 aromatic carbocycles. The molecular formula is C23H32N4O6.